The van der Waals surface area contributed by atoms with Gasteiger partial charge in [-0.05, 0) is 24.3 Å². The van der Waals surface area contributed by atoms with E-state index in [1.165, 1.54) is 0 Å². The molecule has 0 saturated carbocycles. The van der Waals surface area contributed by atoms with E-state index in [4.69, 9.17) is 18.0 Å². The molecule has 1 aromatic rings. The highest BCUT2D eigenvalue weighted by Crippen LogP contribution is 2.09. The van der Waals surface area contributed by atoms with Gasteiger partial charge in [0.05, 0.1) is 0 Å². The zero-order chi connectivity index (χ0) is 10.6. The predicted molar refractivity (Wildman–Crippen MR) is 61.3 cm³/mol. The first-order valence-electron chi connectivity index (χ1n) is 4.33. The van der Waals surface area contributed by atoms with Gasteiger partial charge in [-0.25, -0.2) is 0 Å². The molecule has 0 heterocycles. The maximum atomic E-state index is 11.0. The fourth-order valence-electron chi connectivity index (χ4n) is 0.967. The van der Waals surface area contributed by atoms with Crippen molar-refractivity contribution in [1.82, 2.24) is 0 Å². The first kappa shape index (κ1) is 10.7. The van der Waals surface area contributed by atoms with Gasteiger partial charge in [-0.15, -0.1) is 0 Å². The minimum atomic E-state index is -0.00641. The van der Waals surface area contributed by atoms with Gasteiger partial charge in [0.25, 0.3) is 0 Å². The summed E-state index contributed by atoms with van der Waals surface area (Å²) < 4.78 is 0. The third-order valence-corrected chi connectivity index (χ3v) is 2.01. The van der Waals surface area contributed by atoms with Crippen molar-refractivity contribution in [2.24, 2.45) is 5.73 Å². The van der Waals surface area contributed by atoms with E-state index >= 15 is 0 Å². The molecule has 74 valence electrons. The largest absolute Gasteiger partial charge is 0.389 e. The Morgan fingerprint density at radius 3 is 2.43 bits per heavy atom. The highest BCUT2D eigenvalue weighted by atomic mass is 32.1. The Labute approximate surface area is 88.3 Å². The molecule has 0 spiro atoms. The Kier molecular flexibility index (Phi) is 3.59. The van der Waals surface area contributed by atoms with E-state index in [1.54, 1.807) is 31.2 Å². The molecule has 1 rings (SSSR count). The summed E-state index contributed by atoms with van der Waals surface area (Å²) in [4.78, 5) is 11.4. The van der Waals surface area contributed by atoms with Gasteiger partial charge in [0.15, 0.2) is 0 Å². The molecule has 0 radical (unpaired) electrons. The fourth-order valence-corrected chi connectivity index (χ4v) is 1.10. The minimum Gasteiger partial charge on any atom is -0.389 e. The van der Waals surface area contributed by atoms with Crippen molar-refractivity contribution < 1.29 is 4.79 Å². The van der Waals surface area contributed by atoms with Crippen LogP contribution in [0, 0.1) is 0 Å². The summed E-state index contributed by atoms with van der Waals surface area (Å²) >= 11 is 4.81. The van der Waals surface area contributed by atoms with E-state index in [9.17, 15) is 4.79 Å². The highest BCUT2D eigenvalue weighted by Gasteiger charge is 1.99. The van der Waals surface area contributed by atoms with Crippen LogP contribution >= 0.6 is 12.2 Å². The van der Waals surface area contributed by atoms with E-state index in [2.05, 4.69) is 5.32 Å². The van der Waals surface area contributed by atoms with Gasteiger partial charge in [-0.1, -0.05) is 19.1 Å². The van der Waals surface area contributed by atoms with Crippen molar-refractivity contribution in [1.29, 1.82) is 0 Å². The van der Waals surface area contributed by atoms with E-state index in [0.717, 1.165) is 11.3 Å². The van der Waals surface area contributed by atoms with Gasteiger partial charge in [0.1, 0.15) is 4.99 Å². The van der Waals surface area contributed by atoms with Crippen LogP contribution in [0.1, 0.15) is 18.9 Å². The number of carbonyl (C=O) groups excluding carboxylic acids is 1. The third-order valence-electron chi connectivity index (χ3n) is 1.77. The molecule has 3 N–H and O–H groups in total. The lowest BCUT2D eigenvalue weighted by molar-refractivity contribution is -0.115. The number of rotatable bonds is 3. The lowest BCUT2D eigenvalue weighted by Crippen LogP contribution is -2.11. The van der Waals surface area contributed by atoms with Crippen molar-refractivity contribution in [3.8, 4) is 0 Å². The SMILES string of the molecule is CCC(=O)Nc1ccc(C(N)=S)cc1. The highest BCUT2D eigenvalue weighted by molar-refractivity contribution is 7.80. The maximum Gasteiger partial charge on any atom is 0.224 e. The number of carbonyl (C=O) groups is 1. The van der Waals surface area contributed by atoms with Crippen LogP contribution in [-0.2, 0) is 4.79 Å². The quantitative estimate of drug-likeness (QED) is 0.743. The van der Waals surface area contributed by atoms with Crippen LogP contribution in [0.2, 0.25) is 0 Å². The molecule has 14 heavy (non-hydrogen) atoms. The van der Waals surface area contributed by atoms with Crippen molar-refractivity contribution in [2.45, 2.75) is 13.3 Å². The Bertz CT molecular complexity index is 346. The molecule has 0 bridgehead atoms. The van der Waals surface area contributed by atoms with E-state index in [-0.39, 0.29) is 5.91 Å². The number of hydrogen-bond acceptors (Lipinski definition) is 2. The van der Waals surface area contributed by atoms with Gasteiger partial charge < -0.3 is 11.1 Å². The molecule has 4 heteroatoms. The predicted octanol–water partition coefficient (Wildman–Crippen LogP) is 1.67. The van der Waals surface area contributed by atoms with Crippen LogP contribution in [-0.4, -0.2) is 10.9 Å². The minimum absolute atomic E-state index is 0.00641. The van der Waals surface area contributed by atoms with Crippen molar-refractivity contribution in [3.05, 3.63) is 29.8 Å². The third kappa shape index (κ3) is 2.81. The summed E-state index contributed by atoms with van der Waals surface area (Å²) in [6, 6.07) is 7.13. The van der Waals surface area contributed by atoms with Gasteiger partial charge >= 0.3 is 0 Å². The Morgan fingerprint density at radius 1 is 1.43 bits per heavy atom. The molecule has 0 aliphatic heterocycles. The first-order chi connectivity index (χ1) is 6.63. The number of benzene rings is 1. The van der Waals surface area contributed by atoms with Crippen LogP contribution in [0.5, 0.6) is 0 Å². The Balaban J connectivity index is 2.73. The topological polar surface area (TPSA) is 55.1 Å². The lowest BCUT2D eigenvalue weighted by Gasteiger charge is -2.04. The zero-order valence-corrected chi connectivity index (χ0v) is 8.73. The summed E-state index contributed by atoms with van der Waals surface area (Å²) in [5, 5.41) is 2.73. The average molecular weight is 208 g/mol. The molecular weight excluding hydrogens is 196 g/mol. The summed E-state index contributed by atoms with van der Waals surface area (Å²) in [5.41, 5.74) is 7.00. The molecule has 0 aromatic heterocycles. The van der Waals surface area contributed by atoms with Crippen molar-refractivity contribution >= 4 is 28.8 Å². The van der Waals surface area contributed by atoms with E-state index < -0.39 is 0 Å². The second kappa shape index (κ2) is 4.72. The molecule has 0 unspecified atom stereocenters. The molecule has 0 fully saturated rings. The van der Waals surface area contributed by atoms with Crippen LogP contribution in [0.25, 0.3) is 0 Å². The van der Waals surface area contributed by atoms with E-state index in [1.807, 2.05) is 0 Å². The number of hydrogen-bond donors (Lipinski definition) is 2. The number of anilines is 1. The summed E-state index contributed by atoms with van der Waals surface area (Å²) in [6.45, 7) is 1.80. The van der Waals surface area contributed by atoms with Crippen LogP contribution in [0.4, 0.5) is 5.69 Å². The second-order valence-corrected chi connectivity index (χ2v) is 3.28. The standard InChI is InChI=1S/C10H12N2OS/c1-2-9(13)12-8-5-3-7(4-6-8)10(11)14/h3-6H,2H2,1H3,(H2,11,14)(H,12,13). The van der Waals surface area contributed by atoms with Crippen LogP contribution in [0.3, 0.4) is 0 Å². The normalized spacial score (nSPS) is 9.50. The first-order valence-corrected chi connectivity index (χ1v) is 4.74. The summed E-state index contributed by atoms with van der Waals surface area (Å²) in [5.74, 6) is -0.00641. The molecule has 1 aromatic carbocycles. The number of nitrogens with one attached hydrogen (secondary N) is 1. The van der Waals surface area contributed by atoms with Crippen molar-refractivity contribution in [3.63, 3.8) is 0 Å². The number of thiocarbonyl (C=S) groups is 1. The Hall–Kier alpha value is -1.42. The summed E-state index contributed by atoms with van der Waals surface area (Å²) in [6.07, 6.45) is 0.469. The van der Waals surface area contributed by atoms with Gasteiger partial charge in [-0.3, -0.25) is 4.79 Å². The Morgan fingerprint density at radius 2 is 2.00 bits per heavy atom. The monoisotopic (exact) mass is 208 g/mol. The van der Waals surface area contributed by atoms with Crippen LogP contribution in [0.15, 0.2) is 24.3 Å². The molecule has 0 aliphatic carbocycles. The maximum absolute atomic E-state index is 11.0. The molecule has 3 nitrogen and oxygen atoms in total. The molecular formula is C10H12N2OS. The number of amides is 1. The molecule has 0 atom stereocenters. The lowest BCUT2D eigenvalue weighted by atomic mass is 10.2. The smallest absolute Gasteiger partial charge is 0.224 e. The van der Waals surface area contributed by atoms with Gasteiger partial charge in [0.2, 0.25) is 5.91 Å². The van der Waals surface area contributed by atoms with Crippen LogP contribution < -0.4 is 11.1 Å². The molecule has 0 aliphatic rings. The molecule has 1 amide bonds. The number of nitrogens with two attached hydrogens (primary N) is 1. The molecule has 0 saturated heterocycles. The summed E-state index contributed by atoms with van der Waals surface area (Å²) in [7, 11) is 0. The van der Waals surface area contributed by atoms with E-state index in [0.29, 0.717) is 11.4 Å². The van der Waals surface area contributed by atoms with Crippen molar-refractivity contribution in [2.75, 3.05) is 5.32 Å². The zero-order valence-electron chi connectivity index (χ0n) is 7.91. The van der Waals surface area contributed by atoms with Gasteiger partial charge in [0, 0.05) is 17.7 Å². The fraction of sp³-hybridized carbons (Fsp3) is 0.200. The van der Waals surface area contributed by atoms with Gasteiger partial charge in [-0.2, -0.15) is 0 Å². The average Bonchev–Trinajstić information content (AvgIpc) is 2.18. The second-order valence-electron chi connectivity index (χ2n) is 2.84.